The fraction of sp³-hybridized carbons (Fsp3) is 0.583. The lowest BCUT2D eigenvalue weighted by Crippen LogP contribution is -2.61. The van der Waals surface area contributed by atoms with Crippen LogP contribution in [-0.2, 0) is 9.59 Å². The first-order chi connectivity index (χ1) is 8.02. The fourth-order valence-electron chi connectivity index (χ4n) is 2.35. The number of barbiturate groups is 1. The monoisotopic (exact) mass is 236 g/mol. The van der Waals surface area contributed by atoms with Crippen LogP contribution in [0.5, 0.6) is 0 Å². The van der Waals surface area contributed by atoms with Crippen LogP contribution in [0.1, 0.15) is 26.7 Å². The van der Waals surface area contributed by atoms with Gasteiger partial charge in [-0.25, -0.2) is 4.79 Å². The highest BCUT2D eigenvalue weighted by Crippen LogP contribution is 2.25. The van der Waals surface area contributed by atoms with E-state index in [-0.39, 0.29) is 17.9 Å². The first kappa shape index (κ1) is 11.8. The Hall–Kier alpha value is -1.65. The van der Waals surface area contributed by atoms with Crippen molar-refractivity contribution in [1.82, 2.24) is 10.2 Å². The van der Waals surface area contributed by atoms with E-state index in [2.05, 4.69) is 5.32 Å². The molecule has 2 aliphatic rings. The van der Waals surface area contributed by atoms with E-state index in [0.717, 1.165) is 0 Å². The number of amides is 4. The van der Waals surface area contributed by atoms with Crippen molar-refractivity contribution >= 4 is 17.8 Å². The van der Waals surface area contributed by atoms with E-state index in [1.54, 1.807) is 0 Å². The molecule has 1 aliphatic carbocycles. The van der Waals surface area contributed by atoms with Gasteiger partial charge in [-0.05, 0) is 18.8 Å². The van der Waals surface area contributed by atoms with Crippen molar-refractivity contribution in [2.75, 3.05) is 0 Å². The van der Waals surface area contributed by atoms with Crippen LogP contribution in [-0.4, -0.2) is 28.8 Å². The summed E-state index contributed by atoms with van der Waals surface area (Å²) in [6.07, 6.45) is 5.26. The van der Waals surface area contributed by atoms with Crippen molar-refractivity contribution in [3.8, 4) is 0 Å². The minimum atomic E-state index is -0.742. The van der Waals surface area contributed by atoms with Crippen molar-refractivity contribution < 1.29 is 14.4 Å². The predicted molar refractivity (Wildman–Crippen MR) is 60.9 cm³/mol. The van der Waals surface area contributed by atoms with Gasteiger partial charge in [0.15, 0.2) is 0 Å². The van der Waals surface area contributed by atoms with Crippen LogP contribution in [0.15, 0.2) is 12.2 Å². The minimum absolute atomic E-state index is 0.104. The molecule has 0 aromatic carbocycles. The Morgan fingerprint density at radius 1 is 1.24 bits per heavy atom. The zero-order valence-electron chi connectivity index (χ0n) is 9.97. The van der Waals surface area contributed by atoms with Gasteiger partial charge in [-0.3, -0.25) is 19.8 Å². The molecule has 0 bridgehead atoms. The molecule has 1 atom stereocenters. The maximum Gasteiger partial charge on any atom is 0.331 e. The van der Waals surface area contributed by atoms with E-state index < -0.39 is 17.9 Å². The van der Waals surface area contributed by atoms with E-state index in [0.29, 0.717) is 12.8 Å². The van der Waals surface area contributed by atoms with Crippen LogP contribution in [0.25, 0.3) is 0 Å². The zero-order valence-corrected chi connectivity index (χ0v) is 9.97. The second-order valence-corrected chi connectivity index (χ2v) is 4.82. The van der Waals surface area contributed by atoms with Gasteiger partial charge in [0.25, 0.3) is 0 Å². The molecule has 1 N–H and O–H groups in total. The summed E-state index contributed by atoms with van der Waals surface area (Å²) in [5, 5.41) is 2.27. The maximum atomic E-state index is 12.2. The third-order valence-corrected chi connectivity index (χ3v) is 3.25. The largest absolute Gasteiger partial charge is 0.331 e. The Morgan fingerprint density at radius 3 is 2.35 bits per heavy atom. The number of urea groups is 1. The third-order valence-electron chi connectivity index (χ3n) is 3.25. The number of hydrogen-bond acceptors (Lipinski definition) is 3. The quantitative estimate of drug-likeness (QED) is 0.575. The second kappa shape index (κ2) is 4.31. The lowest BCUT2D eigenvalue weighted by molar-refractivity contribution is -0.145. The number of carbonyl (C=O) groups is 3. The Bertz CT molecular complexity index is 393. The van der Waals surface area contributed by atoms with Crippen molar-refractivity contribution in [2.24, 2.45) is 11.8 Å². The number of nitrogens with zero attached hydrogens (tertiary/aromatic N) is 1. The van der Waals surface area contributed by atoms with Crippen molar-refractivity contribution in [2.45, 2.75) is 32.7 Å². The summed E-state index contributed by atoms with van der Waals surface area (Å²) in [6.45, 7) is 3.62. The normalized spacial score (nSPS) is 25.9. The highest BCUT2D eigenvalue weighted by atomic mass is 16.2. The molecule has 5 heteroatoms. The molecule has 0 radical (unpaired) electrons. The molecule has 1 heterocycles. The Labute approximate surface area is 99.8 Å². The molecule has 0 saturated carbocycles. The highest BCUT2D eigenvalue weighted by molar-refractivity contribution is 6.16. The molecule has 0 spiro atoms. The summed E-state index contributed by atoms with van der Waals surface area (Å²) in [4.78, 5) is 36.7. The summed E-state index contributed by atoms with van der Waals surface area (Å²) in [5.74, 6) is -1.68. The molecule has 17 heavy (non-hydrogen) atoms. The molecule has 92 valence electrons. The van der Waals surface area contributed by atoms with Gasteiger partial charge in [-0.1, -0.05) is 26.0 Å². The average Bonchev–Trinajstić information content (AvgIpc) is 2.69. The van der Waals surface area contributed by atoms with Gasteiger partial charge in [-0.2, -0.15) is 0 Å². The Kier molecular flexibility index (Phi) is 3.00. The van der Waals surface area contributed by atoms with Crippen LogP contribution in [0.2, 0.25) is 0 Å². The fourth-order valence-corrected chi connectivity index (χ4v) is 2.35. The summed E-state index contributed by atoms with van der Waals surface area (Å²) >= 11 is 0. The van der Waals surface area contributed by atoms with Crippen LogP contribution >= 0.6 is 0 Å². The number of nitrogens with one attached hydrogen (secondary N) is 1. The summed E-state index contributed by atoms with van der Waals surface area (Å²) in [6, 6.07) is -0.706. The Morgan fingerprint density at radius 2 is 1.82 bits per heavy atom. The summed E-state index contributed by atoms with van der Waals surface area (Å²) in [7, 11) is 0. The van der Waals surface area contributed by atoms with Gasteiger partial charge >= 0.3 is 6.03 Å². The Balaban J connectivity index is 2.23. The standard InChI is InChI=1S/C12H16N2O3/c1-7(2)9-10(15)13-12(17)14(11(9)16)8-5-3-4-6-8/h3-4,7-9H,5-6H2,1-2H3,(H,13,15,17). The van der Waals surface area contributed by atoms with E-state index in [1.807, 2.05) is 26.0 Å². The minimum Gasteiger partial charge on any atom is -0.277 e. The molecule has 1 unspecified atom stereocenters. The van der Waals surface area contributed by atoms with Crippen LogP contribution in [0.3, 0.4) is 0 Å². The number of hydrogen-bond donors (Lipinski definition) is 1. The van der Waals surface area contributed by atoms with Gasteiger partial charge in [0.05, 0.1) is 0 Å². The lowest BCUT2D eigenvalue weighted by Gasteiger charge is -2.35. The van der Waals surface area contributed by atoms with E-state index in [4.69, 9.17) is 0 Å². The van der Waals surface area contributed by atoms with Crippen LogP contribution in [0.4, 0.5) is 4.79 Å². The van der Waals surface area contributed by atoms with Gasteiger partial charge in [0.2, 0.25) is 11.8 Å². The van der Waals surface area contributed by atoms with Gasteiger partial charge in [-0.15, -0.1) is 0 Å². The third kappa shape index (κ3) is 1.97. The zero-order chi connectivity index (χ0) is 12.6. The summed E-state index contributed by atoms with van der Waals surface area (Å²) in [5.41, 5.74) is 0. The topological polar surface area (TPSA) is 66.5 Å². The second-order valence-electron chi connectivity index (χ2n) is 4.82. The van der Waals surface area contributed by atoms with Crippen LogP contribution in [0, 0.1) is 11.8 Å². The molecular weight excluding hydrogens is 220 g/mol. The van der Waals surface area contributed by atoms with Crippen molar-refractivity contribution in [3.63, 3.8) is 0 Å². The molecule has 1 fully saturated rings. The maximum absolute atomic E-state index is 12.2. The molecule has 4 amide bonds. The predicted octanol–water partition coefficient (Wildman–Crippen LogP) is 1.06. The lowest BCUT2D eigenvalue weighted by atomic mass is 9.91. The van der Waals surface area contributed by atoms with Crippen molar-refractivity contribution in [3.05, 3.63) is 12.2 Å². The highest BCUT2D eigenvalue weighted by Gasteiger charge is 2.44. The molecule has 1 aliphatic heterocycles. The average molecular weight is 236 g/mol. The molecular formula is C12H16N2O3. The molecule has 0 aromatic rings. The smallest absolute Gasteiger partial charge is 0.277 e. The van der Waals surface area contributed by atoms with Crippen molar-refractivity contribution in [1.29, 1.82) is 0 Å². The first-order valence-corrected chi connectivity index (χ1v) is 5.85. The van der Waals surface area contributed by atoms with E-state index >= 15 is 0 Å². The first-order valence-electron chi connectivity index (χ1n) is 5.85. The van der Waals surface area contributed by atoms with Gasteiger partial charge in [0.1, 0.15) is 5.92 Å². The summed E-state index contributed by atoms with van der Waals surface area (Å²) < 4.78 is 0. The molecule has 0 aromatic heterocycles. The molecule has 5 nitrogen and oxygen atoms in total. The number of imide groups is 2. The number of rotatable bonds is 2. The van der Waals surface area contributed by atoms with E-state index in [1.165, 1.54) is 4.90 Å². The van der Waals surface area contributed by atoms with Gasteiger partial charge < -0.3 is 0 Å². The SMILES string of the molecule is CC(C)C1C(=O)NC(=O)N(C2CC=CC2)C1=O. The van der Waals surface area contributed by atoms with Gasteiger partial charge in [0, 0.05) is 6.04 Å². The van der Waals surface area contributed by atoms with E-state index in [9.17, 15) is 14.4 Å². The molecule has 1 saturated heterocycles. The molecule has 2 rings (SSSR count). The number of carbonyl (C=O) groups excluding carboxylic acids is 3. The van der Waals surface area contributed by atoms with Crippen LogP contribution < -0.4 is 5.32 Å².